The van der Waals surface area contributed by atoms with Gasteiger partial charge in [0.2, 0.25) is 11.9 Å². The Hall–Kier alpha value is -3.93. The van der Waals surface area contributed by atoms with Crippen molar-refractivity contribution in [2.24, 2.45) is 5.92 Å². The molecule has 1 aliphatic rings. The zero-order valence-electron chi connectivity index (χ0n) is 19.3. The van der Waals surface area contributed by atoms with Gasteiger partial charge in [-0.1, -0.05) is 66.7 Å². The summed E-state index contributed by atoms with van der Waals surface area (Å²) in [5, 5.41) is 0. The maximum absolute atomic E-state index is 14.0. The van der Waals surface area contributed by atoms with Crippen LogP contribution in [0.5, 0.6) is 0 Å². The molecule has 34 heavy (non-hydrogen) atoms. The molecule has 0 aliphatic carbocycles. The van der Waals surface area contributed by atoms with Crippen molar-refractivity contribution < 1.29 is 14.3 Å². The van der Waals surface area contributed by atoms with Crippen LogP contribution in [0.1, 0.15) is 29.7 Å². The number of rotatable bonds is 6. The summed E-state index contributed by atoms with van der Waals surface area (Å²) >= 11 is 0. The second-order valence-corrected chi connectivity index (χ2v) is 8.53. The Morgan fingerprint density at radius 2 is 1.68 bits per heavy atom. The van der Waals surface area contributed by atoms with Gasteiger partial charge < -0.3 is 9.30 Å². The van der Waals surface area contributed by atoms with E-state index in [1.54, 1.807) is 11.8 Å². The van der Waals surface area contributed by atoms with E-state index in [4.69, 9.17) is 9.72 Å². The lowest BCUT2D eigenvalue weighted by Gasteiger charge is -2.38. The summed E-state index contributed by atoms with van der Waals surface area (Å²) in [5.74, 6) is -1.21. The Kier molecular flexibility index (Phi) is 5.88. The van der Waals surface area contributed by atoms with E-state index in [0.717, 1.165) is 27.7 Å². The lowest BCUT2D eigenvalue weighted by Crippen LogP contribution is -2.50. The standard InChI is InChI=1S/C28H27N3O3/c1-3-34-27(33)24-25(21-14-8-7-11-19(21)2)31-23-16-10-9-15-22(23)29-28(31)30(26(24)32)18-17-20-12-5-4-6-13-20/h4-16,24-25H,3,17-18H2,1-2H3/t24-,25+/m0/s1. The van der Waals surface area contributed by atoms with Crippen molar-refractivity contribution in [2.75, 3.05) is 18.1 Å². The number of esters is 1. The Morgan fingerprint density at radius 1 is 0.971 bits per heavy atom. The number of imidazole rings is 1. The van der Waals surface area contributed by atoms with Gasteiger partial charge in [0, 0.05) is 6.54 Å². The normalized spacial score (nSPS) is 17.6. The van der Waals surface area contributed by atoms with Crippen molar-refractivity contribution in [1.29, 1.82) is 0 Å². The Morgan fingerprint density at radius 3 is 2.44 bits per heavy atom. The first-order chi connectivity index (χ1) is 16.6. The summed E-state index contributed by atoms with van der Waals surface area (Å²) < 4.78 is 7.49. The van der Waals surface area contributed by atoms with Gasteiger partial charge in [-0.3, -0.25) is 14.5 Å². The summed E-state index contributed by atoms with van der Waals surface area (Å²) in [6.45, 7) is 4.40. The summed E-state index contributed by atoms with van der Waals surface area (Å²) in [4.78, 5) is 33.8. The first-order valence-electron chi connectivity index (χ1n) is 11.6. The van der Waals surface area contributed by atoms with Crippen LogP contribution >= 0.6 is 0 Å². The number of hydrogen-bond donors (Lipinski definition) is 0. The van der Waals surface area contributed by atoms with Crippen molar-refractivity contribution in [3.63, 3.8) is 0 Å². The number of hydrogen-bond acceptors (Lipinski definition) is 4. The van der Waals surface area contributed by atoms with Crippen LogP contribution in [0.4, 0.5) is 5.95 Å². The molecule has 6 heteroatoms. The average molecular weight is 454 g/mol. The van der Waals surface area contributed by atoms with E-state index in [-0.39, 0.29) is 12.5 Å². The van der Waals surface area contributed by atoms with Gasteiger partial charge in [0.15, 0.2) is 5.92 Å². The molecule has 2 heterocycles. The number of aryl methyl sites for hydroxylation is 1. The van der Waals surface area contributed by atoms with Gasteiger partial charge in [-0.15, -0.1) is 0 Å². The maximum Gasteiger partial charge on any atom is 0.321 e. The van der Waals surface area contributed by atoms with Gasteiger partial charge in [0.25, 0.3) is 0 Å². The third kappa shape index (κ3) is 3.75. The van der Waals surface area contributed by atoms with Crippen LogP contribution in [0.2, 0.25) is 0 Å². The first-order valence-corrected chi connectivity index (χ1v) is 11.6. The second-order valence-electron chi connectivity index (χ2n) is 8.53. The highest BCUT2D eigenvalue weighted by atomic mass is 16.5. The quantitative estimate of drug-likeness (QED) is 0.314. The number of fused-ring (bicyclic) bond motifs is 3. The number of carbonyl (C=O) groups is 2. The van der Waals surface area contributed by atoms with E-state index >= 15 is 0 Å². The predicted molar refractivity (Wildman–Crippen MR) is 132 cm³/mol. The molecule has 0 saturated carbocycles. The molecule has 0 radical (unpaired) electrons. The average Bonchev–Trinajstić information content (AvgIpc) is 3.23. The minimum Gasteiger partial charge on any atom is -0.465 e. The molecule has 0 N–H and O–H groups in total. The number of amides is 1. The molecule has 0 spiro atoms. The topological polar surface area (TPSA) is 64.4 Å². The fourth-order valence-electron chi connectivity index (χ4n) is 4.84. The zero-order chi connectivity index (χ0) is 23.7. The van der Waals surface area contributed by atoms with Crippen molar-refractivity contribution in [3.05, 3.63) is 95.6 Å². The van der Waals surface area contributed by atoms with Crippen molar-refractivity contribution in [1.82, 2.24) is 9.55 Å². The molecule has 6 nitrogen and oxygen atoms in total. The summed E-state index contributed by atoms with van der Waals surface area (Å²) in [6.07, 6.45) is 0.653. The minimum absolute atomic E-state index is 0.213. The molecule has 1 aliphatic heterocycles. The predicted octanol–water partition coefficient (Wildman–Crippen LogP) is 4.70. The Bertz CT molecular complexity index is 1350. The van der Waals surface area contributed by atoms with Crippen LogP contribution in [0.15, 0.2) is 78.9 Å². The monoisotopic (exact) mass is 453 g/mol. The Balaban J connectivity index is 1.70. The summed E-state index contributed by atoms with van der Waals surface area (Å²) in [6, 6.07) is 25.2. The third-order valence-corrected chi connectivity index (χ3v) is 6.46. The fraction of sp³-hybridized carbons (Fsp3) is 0.250. The van der Waals surface area contributed by atoms with Crippen molar-refractivity contribution in [3.8, 4) is 0 Å². The summed E-state index contributed by atoms with van der Waals surface area (Å²) in [7, 11) is 0. The lowest BCUT2D eigenvalue weighted by atomic mass is 9.87. The van der Waals surface area contributed by atoms with Gasteiger partial charge in [-0.2, -0.15) is 0 Å². The summed E-state index contributed by atoms with van der Waals surface area (Å²) in [5.41, 5.74) is 4.72. The lowest BCUT2D eigenvalue weighted by molar-refractivity contribution is -0.153. The molecule has 4 aromatic rings. The number of anilines is 1. The van der Waals surface area contributed by atoms with Gasteiger partial charge in [0.05, 0.1) is 23.7 Å². The molecule has 0 bridgehead atoms. The number of ether oxygens (including phenoxy) is 1. The number of carbonyl (C=O) groups excluding carboxylic acids is 2. The molecular formula is C28H27N3O3. The zero-order valence-corrected chi connectivity index (χ0v) is 19.3. The fourth-order valence-corrected chi connectivity index (χ4v) is 4.84. The molecule has 3 aromatic carbocycles. The second kappa shape index (κ2) is 9.14. The molecule has 0 saturated heterocycles. The van der Waals surface area contributed by atoms with E-state index in [0.29, 0.717) is 18.9 Å². The van der Waals surface area contributed by atoms with Crippen molar-refractivity contribution in [2.45, 2.75) is 26.3 Å². The van der Waals surface area contributed by atoms with Crippen LogP contribution < -0.4 is 4.90 Å². The third-order valence-electron chi connectivity index (χ3n) is 6.46. The van der Waals surface area contributed by atoms with Crippen LogP contribution in [0.25, 0.3) is 11.0 Å². The van der Waals surface area contributed by atoms with E-state index in [9.17, 15) is 9.59 Å². The van der Waals surface area contributed by atoms with Gasteiger partial charge in [0.1, 0.15) is 0 Å². The van der Waals surface area contributed by atoms with Crippen molar-refractivity contribution >= 4 is 28.9 Å². The Labute approximate surface area is 198 Å². The molecule has 1 aromatic heterocycles. The SMILES string of the molecule is CCOC(=O)[C@@H]1C(=O)N(CCc2ccccc2)c2nc3ccccc3n2[C@@H]1c1ccccc1C. The maximum atomic E-state index is 14.0. The first kappa shape index (κ1) is 21.9. The minimum atomic E-state index is -0.998. The number of nitrogens with zero attached hydrogens (tertiary/aromatic N) is 3. The highest BCUT2D eigenvalue weighted by molar-refractivity contribution is 6.08. The van der Waals surface area contributed by atoms with Crippen LogP contribution in [-0.4, -0.2) is 34.6 Å². The molecule has 172 valence electrons. The number of benzene rings is 3. The number of aromatic nitrogens is 2. The van der Waals surface area contributed by atoms with E-state index < -0.39 is 17.9 Å². The van der Waals surface area contributed by atoms with Gasteiger partial charge in [-0.25, -0.2) is 4.98 Å². The molecule has 0 fully saturated rings. The van der Waals surface area contributed by atoms with E-state index in [1.165, 1.54) is 0 Å². The van der Waals surface area contributed by atoms with Gasteiger partial charge >= 0.3 is 5.97 Å². The molecule has 1 amide bonds. The molecule has 0 unspecified atom stereocenters. The highest BCUT2D eigenvalue weighted by Crippen LogP contribution is 2.42. The smallest absolute Gasteiger partial charge is 0.321 e. The van der Waals surface area contributed by atoms with Crippen LogP contribution in [0.3, 0.4) is 0 Å². The highest BCUT2D eigenvalue weighted by Gasteiger charge is 2.48. The van der Waals surface area contributed by atoms with E-state index in [1.807, 2.05) is 90.4 Å². The van der Waals surface area contributed by atoms with Crippen LogP contribution in [0, 0.1) is 12.8 Å². The van der Waals surface area contributed by atoms with Crippen LogP contribution in [-0.2, 0) is 20.7 Å². The van der Waals surface area contributed by atoms with Gasteiger partial charge in [-0.05, 0) is 49.1 Å². The largest absolute Gasteiger partial charge is 0.465 e. The number of para-hydroxylation sites is 2. The molecule has 5 rings (SSSR count). The van der Waals surface area contributed by atoms with E-state index in [2.05, 4.69) is 0 Å². The molecular weight excluding hydrogens is 426 g/mol. The molecule has 2 atom stereocenters.